The van der Waals surface area contributed by atoms with E-state index in [1.54, 1.807) is 7.11 Å². The number of rotatable bonds is 9. The van der Waals surface area contributed by atoms with E-state index in [2.05, 4.69) is 4.90 Å². The van der Waals surface area contributed by atoms with E-state index >= 15 is 0 Å². The van der Waals surface area contributed by atoms with Gasteiger partial charge in [-0.3, -0.25) is 14.5 Å². The van der Waals surface area contributed by atoms with Gasteiger partial charge in [0, 0.05) is 57.0 Å². The molecule has 43 heavy (non-hydrogen) atoms. The molecule has 228 valence electrons. The average molecular weight is 598 g/mol. The fraction of sp³-hybridized carbons (Fsp3) is 0.387. The molecule has 2 amide bonds. The number of nitrogens with zero attached hydrogens (tertiary/aromatic N) is 5. The molecule has 0 radical (unpaired) electrons. The highest BCUT2D eigenvalue weighted by atomic mass is 19.4. The first kappa shape index (κ1) is 30.3. The van der Waals surface area contributed by atoms with Gasteiger partial charge in [0.25, 0.3) is 11.8 Å². The van der Waals surface area contributed by atoms with Gasteiger partial charge in [0.2, 0.25) is 0 Å². The maximum absolute atomic E-state index is 14.0. The zero-order valence-corrected chi connectivity index (χ0v) is 24.1. The van der Waals surface area contributed by atoms with Gasteiger partial charge in [0.05, 0.1) is 43.3 Å². The number of carbonyl (C=O) groups excluding carboxylic acids is 2. The zero-order valence-electron chi connectivity index (χ0n) is 24.1. The second kappa shape index (κ2) is 13.0. The minimum absolute atomic E-state index is 0.0680. The van der Waals surface area contributed by atoms with Crippen LogP contribution >= 0.6 is 0 Å². The Bertz CT molecular complexity index is 1460. The van der Waals surface area contributed by atoms with E-state index < -0.39 is 29.6 Å². The Labute approximate surface area is 248 Å². The van der Waals surface area contributed by atoms with Crippen molar-refractivity contribution in [3.05, 3.63) is 89.2 Å². The van der Waals surface area contributed by atoms with E-state index in [1.165, 1.54) is 9.91 Å². The Hall–Kier alpha value is -4.16. The van der Waals surface area contributed by atoms with Crippen molar-refractivity contribution in [1.82, 2.24) is 19.4 Å². The summed E-state index contributed by atoms with van der Waals surface area (Å²) in [5, 5.41) is 6.14. The summed E-state index contributed by atoms with van der Waals surface area (Å²) in [6.07, 6.45) is -2.19. The number of aryl methyl sites for hydroxylation is 1. The molecule has 0 bridgehead atoms. The summed E-state index contributed by atoms with van der Waals surface area (Å²) < 4.78 is 52.4. The van der Waals surface area contributed by atoms with Gasteiger partial charge in [0.1, 0.15) is 12.3 Å². The lowest BCUT2D eigenvalue weighted by Gasteiger charge is -2.31. The Balaban J connectivity index is 1.43. The predicted octanol–water partition coefficient (Wildman–Crippen LogP) is 4.20. The number of hydrazone groups is 1. The second-order valence-electron chi connectivity index (χ2n) is 10.5. The summed E-state index contributed by atoms with van der Waals surface area (Å²) in [5.74, 6) is -0.337. The molecule has 1 fully saturated rings. The number of ether oxygens (including phenoxy) is 2. The molecule has 5 rings (SSSR count). The lowest BCUT2D eigenvalue weighted by Crippen LogP contribution is -2.46. The molecule has 2 aliphatic heterocycles. The summed E-state index contributed by atoms with van der Waals surface area (Å²) in [7, 11) is 3.46. The molecule has 3 heterocycles. The fourth-order valence-corrected chi connectivity index (χ4v) is 5.40. The van der Waals surface area contributed by atoms with Gasteiger partial charge < -0.3 is 18.9 Å². The van der Waals surface area contributed by atoms with E-state index in [0.29, 0.717) is 50.7 Å². The van der Waals surface area contributed by atoms with E-state index in [0.717, 1.165) is 35.5 Å². The van der Waals surface area contributed by atoms with Gasteiger partial charge >= 0.3 is 6.18 Å². The van der Waals surface area contributed by atoms with Crippen molar-refractivity contribution < 1.29 is 32.2 Å². The maximum Gasteiger partial charge on any atom is 0.416 e. The molecule has 1 aromatic heterocycles. The summed E-state index contributed by atoms with van der Waals surface area (Å²) in [4.78, 5) is 31.2. The first-order valence-corrected chi connectivity index (χ1v) is 14.1. The smallest absolute Gasteiger partial charge is 0.416 e. The lowest BCUT2D eigenvalue weighted by atomic mass is 9.99. The van der Waals surface area contributed by atoms with Crippen molar-refractivity contribution in [3.8, 4) is 5.75 Å². The Morgan fingerprint density at radius 1 is 1.05 bits per heavy atom. The molecule has 0 saturated carbocycles. The first-order valence-electron chi connectivity index (χ1n) is 14.1. The largest absolute Gasteiger partial charge is 0.496 e. The number of halogens is 3. The SMILES string of the molecule is COc1ccccc1[C@H]1CC(c2cccn2C)=NN1C(=O)CN(CCN1CCOCC1)C(=O)c1ccc(C(F)(F)F)cc1. The molecule has 2 aliphatic rings. The van der Waals surface area contributed by atoms with Gasteiger partial charge in [-0.2, -0.15) is 18.3 Å². The summed E-state index contributed by atoms with van der Waals surface area (Å²) >= 11 is 0. The highest BCUT2D eigenvalue weighted by molar-refractivity contribution is 6.03. The third kappa shape index (κ3) is 6.91. The molecule has 0 spiro atoms. The van der Waals surface area contributed by atoms with Crippen LogP contribution in [0.4, 0.5) is 13.2 Å². The van der Waals surface area contributed by atoms with Crippen LogP contribution in [-0.4, -0.2) is 89.9 Å². The zero-order chi connectivity index (χ0) is 30.6. The van der Waals surface area contributed by atoms with Crippen LogP contribution in [0.2, 0.25) is 0 Å². The number of methoxy groups -OCH3 is 1. The third-order valence-corrected chi connectivity index (χ3v) is 7.77. The van der Waals surface area contributed by atoms with Gasteiger partial charge in [-0.05, 0) is 42.5 Å². The predicted molar refractivity (Wildman–Crippen MR) is 154 cm³/mol. The minimum Gasteiger partial charge on any atom is -0.496 e. The number of hydrogen-bond donors (Lipinski definition) is 0. The van der Waals surface area contributed by atoms with Crippen LogP contribution in [-0.2, 0) is 22.8 Å². The van der Waals surface area contributed by atoms with Gasteiger partial charge in [-0.15, -0.1) is 0 Å². The number of morpholine rings is 1. The lowest BCUT2D eigenvalue weighted by molar-refractivity contribution is -0.137. The Morgan fingerprint density at radius 2 is 1.77 bits per heavy atom. The minimum atomic E-state index is -4.52. The van der Waals surface area contributed by atoms with Crippen LogP contribution in [0.1, 0.15) is 39.6 Å². The van der Waals surface area contributed by atoms with Crippen molar-refractivity contribution in [2.75, 3.05) is 53.0 Å². The monoisotopic (exact) mass is 597 g/mol. The fourth-order valence-electron chi connectivity index (χ4n) is 5.40. The number of hydrogen-bond acceptors (Lipinski definition) is 6. The van der Waals surface area contributed by atoms with Crippen LogP contribution in [0, 0.1) is 0 Å². The average Bonchev–Trinajstić information content (AvgIpc) is 3.65. The Kier molecular flexibility index (Phi) is 9.16. The molecule has 0 aliphatic carbocycles. The molecule has 3 aromatic rings. The highest BCUT2D eigenvalue weighted by Crippen LogP contribution is 2.37. The van der Waals surface area contributed by atoms with Gasteiger partial charge in [0.15, 0.2) is 0 Å². The van der Waals surface area contributed by atoms with Crippen LogP contribution in [0.25, 0.3) is 0 Å². The number of carbonyl (C=O) groups is 2. The molecule has 1 saturated heterocycles. The van der Waals surface area contributed by atoms with Crippen molar-refractivity contribution >= 4 is 17.5 Å². The van der Waals surface area contributed by atoms with Crippen LogP contribution in [0.3, 0.4) is 0 Å². The molecular weight excluding hydrogens is 563 g/mol. The van der Waals surface area contributed by atoms with Crippen molar-refractivity contribution in [2.24, 2.45) is 12.1 Å². The Morgan fingerprint density at radius 3 is 2.42 bits per heavy atom. The number of benzene rings is 2. The maximum atomic E-state index is 14.0. The molecule has 9 nitrogen and oxygen atoms in total. The number of aromatic nitrogens is 1. The molecule has 1 atom stereocenters. The highest BCUT2D eigenvalue weighted by Gasteiger charge is 2.37. The molecule has 0 N–H and O–H groups in total. The molecular formula is C31H34F3N5O4. The number of amides is 2. The third-order valence-electron chi connectivity index (χ3n) is 7.77. The molecule has 2 aromatic carbocycles. The normalized spacial score (nSPS) is 17.6. The van der Waals surface area contributed by atoms with E-state index in [-0.39, 0.29) is 18.7 Å². The first-order chi connectivity index (χ1) is 20.7. The van der Waals surface area contributed by atoms with Crippen molar-refractivity contribution in [3.63, 3.8) is 0 Å². The van der Waals surface area contributed by atoms with E-state index in [1.807, 2.05) is 54.2 Å². The summed E-state index contributed by atoms with van der Waals surface area (Å²) in [5.41, 5.74) is 1.57. The van der Waals surface area contributed by atoms with E-state index in [4.69, 9.17) is 14.6 Å². The van der Waals surface area contributed by atoms with Gasteiger partial charge in [-0.1, -0.05) is 18.2 Å². The van der Waals surface area contributed by atoms with Crippen LogP contribution in [0.15, 0.2) is 72.0 Å². The topological polar surface area (TPSA) is 79.6 Å². The molecule has 0 unspecified atom stereocenters. The second-order valence-corrected chi connectivity index (χ2v) is 10.5. The summed E-state index contributed by atoms with van der Waals surface area (Å²) in [6, 6.07) is 14.8. The van der Waals surface area contributed by atoms with Crippen molar-refractivity contribution in [1.29, 1.82) is 0 Å². The molecule has 12 heteroatoms. The standard InChI is InChI=1S/C31H34F3N5O4/c1-36-13-5-7-26(36)25-20-27(24-6-3-4-8-28(24)42-2)39(35-25)29(40)21-38(15-14-37-16-18-43-19-17-37)30(41)22-9-11-23(12-10-22)31(32,33)34/h3-13,27H,14-21H2,1-2H3/t27-/m1/s1. The quantitative estimate of drug-likeness (QED) is 0.370. The van der Waals surface area contributed by atoms with Crippen LogP contribution in [0.5, 0.6) is 5.75 Å². The van der Waals surface area contributed by atoms with Gasteiger partial charge in [-0.25, -0.2) is 5.01 Å². The number of alkyl halides is 3. The van der Waals surface area contributed by atoms with Crippen LogP contribution < -0.4 is 4.74 Å². The van der Waals surface area contributed by atoms with Crippen molar-refractivity contribution in [2.45, 2.75) is 18.6 Å². The summed E-state index contributed by atoms with van der Waals surface area (Å²) in [6.45, 7) is 2.88. The van der Waals surface area contributed by atoms with E-state index in [9.17, 15) is 22.8 Å². The number of para-hydroxylation sites is 1.